The highest BCUT2D eigenvalue weighted by molar-refractivity contribution is 6.16. The molecule has 0 aliphatic heterocycles. The van der Waals surface area contributed by atoms with Gasteiger partial charge in [0.05, 0.1) is 6.61 Å². The van der Waals surface area contributed by atoms with Crippen molar-refractivity contribution < 1.29 is 9.53 Å². The number of hydrogen-bond donors (Lipinski definition) is 1. The molecule has 0 fully saturated rings. The molecule has 0 bridgehead atoms. The summed E-state index contributed by atoms with van der Waals surface area (Å²) in [4.78, 5) is 15.7. The van der Waals surface area contributed by atoms with Gasteiger partial charge in [0, 0.05) is 28.2 Å². The summed E-state index contributed by atoms with van der Waals surface area (Å²) in [5.74, 6) is 0.798. The monoisotopic (exact) mass is 265 g/mol. The number of rotatable bonds is 4. The molecule has 0 unspecified atom stereocenters. The van der Waals surface area contributed by atoms with Gasteiger partial charge in [-0.3, -0.25) is 4.79 Å². The van der Waals surface area contributed by atoms with Gasteiger partial charge in [0.15, 0.2) is 5.78 Å². The Labute approximate surface area is 117 Å². The van der Waals surface area contributed by atoms with Gasteiger partial charge in [-0.25, -0.2) is 0 Å². The van der Waals surface area contributed by atoms with Gasteiger partial charge >= 0.3 is 0 Å². The van der Waals surface area contributed by atoms with Crippen LogP contribution in [-0.2, 0) is 0 Å². The molecule has 2 aromatic carbocycles. The summed E-state index contributed by atoms with van der Waals surface area (Å²) in [5.41, 5.74) is 2.30. The van der Waals surface area contributed by atoms with Crippen molar-refractivity contribution in [1.82, 2.24) is 4.98 Å². The lowest BCUT2D eigenvalue weighted by Gasteiger charge is -2.04. The molecule has 0 spiro atoms. The highest BCUT2D eigenvalue weighted by Gasteiger charge is 2.14. The van der Waals surface area contributed by atoms with E-state index in [0.29, 0.717) is 17.7 Å². The van der Waals surface area contributed by atoms with E-state index in [1.807, 2.05) is 55.5 Å². The molecule has 100 valence electrons. The highest BCUT2D eigenvalue weighted by atomic mass is 16.5. The van der Waals surface area contributed by atoms with Crippen molar-refractivity contribution in [3.63, 3.8) is 0 Å². The molecular weight excluding hydrogens is 250 g/mol. The first-order chi connectivity index (χ1) is 9.79. The lowest BCUT2D eigenvalue weighted by Crippen LogP contribution is -1.99. The maximum atomic E-state index is 12.5. The van der Waals surface area contributed by atoms with E-state index < -0.39 is 0 Å². The number of carbonyl (C=O) groups is 1. The minimum absolute atomic E-state index is 0.0190. The van der Waals surface area contributed by atoms with Crippen molar-refractivity contribution in [3.05, 3.63) is 65.9 Å². The summed E-state index contributed by atoms with van der Waals surface area (Å²) in [7, 11) is 0. The summed E-state index contributed by atoms with van der Waals surface area (Å²) in [5, 5.41) is 0.893. The number of fused-ring (bicyclic) bond motifs is 1. The predicted molar refractivity (Wildman–Crippen MR) is 79.3 cm³/mol. The third-order valence-electron chi connectivity index (χ3n) is 3.24. The molecule has 3 rings (SSSR count). The highest BCUT2D eigenvalue weighted by Crippen LogP contribution is 2.25. The van der Waals surface area contributed by atoms with E-state index in [-0.39, 0.29) is 5.78 Å². The van der Waals surface area contributed by atoms with Gasteiger partial charge in [-0.15, -0.1) is 0 Å². The fraction of sp³-hybridized carbons (Fsp3) is 0.118. The van der Waals surface area contributed by atoms with Crippen LogP contribution < -0.4 is 4.74 Å². The van der Waals surface area contributed by atoms with Crippen LogP contribution in [0.2, 0.25) is 0 Å². The molecule has 3 aromatic rings. The summed E-state index contributed by atoms with van der Waals surface area (Å²) >= 11 is 0. The number of benzene rings is 2. The Balaban J connectivity index is 2.07. The third-order valence-corrected chi connectivity index (χ3v) is 3.24. The molecule has 0 amide bonds. The lowest BCUT2D eigenvalue weighted by molar-refractivity contribution is 0.104. The normalized spacial score (nSPS) is 10.7. The molecule has 0 aliphatic rings. The quantitative estimate of drug-likeness (QED) is 0.729. The maximum absolute atomic E-state index is 12.5. The second kappa shape index (κ2) is 5.21. The second-order valence-electron chi connectivity index (χ2n) is 4.54. The van der Waals surface area contributed by atoms with E-state index in [0.717, 1.165) is 16.7 Å². The van der Waals surface area contributed by atoms with Crippen LogP contribution >= 0.6 is 0 Å². The van der Waals surface area contributed by atoms with E-state index in [4.69, 9.17) is 4.74 Å². The molecular formula is C17H15NO2. The molecule has 0 radical (unpaired) electrons. The first-order valence-electron chi connectivity index (χ1n) is 6.63. The van der Waals surface area contributed by atoms with Crippen LogP contribution in [0.1, 0.15) is 22.8 Å². The molecule has 0 atom stereocenters. The number of carbonyl (C=O) groups excluding carboxylic acids is 1. The SMILES string of the molecule is CCOc1ccc2[nH]cc(C(=O)c3ccccc3)c2c1. The van der Waals surface area contributed by atoms with Crippen molar-refractivity contribution >= 4 is 16.7 Å². The van der Waals surface area contributed by atoms with Crippen molar-refractivity contribution in [3.8, 4) is 5.75 Å². The Bertz CT molecular complexity index is 744. The van der Waals surface area contributed by atoms with Crippen LogP contribution in [-0.4, -0.2) is 17.4 Å². The molecule has 1 N–H and O–H groups in total. The zero-order valence-corrected chi connectivity index (χ0v) is 11.2. The van der Waals surface area contributed by atoms with Crippen LogP contribution in [0.25, 0.3) is 10.9 Å². The minimum Gasteiger partial charge on any atom is -0.494 e. The summed E-state index contributed by atoms with van der Waals surface area (Å²) in [6.07, 6.45) is 1.76. The van der Waals surface area contributed by atoms with E-state index in [1.165, 1.54) is 0 Å². The van der Waals surface area contributed by atoms with E-state index >= 15 is 0 Å². The van der Waals surface area contributed by atoms with Crippen LogP contribution in [0.3, 0.4) is 0 Å². The zero-order valence-electron chi connectivity index (χ0n) is 11.2. The van der Waals surface area contributed by atoms with Gasteiger partial charge in [-0.05, 0) is 25.1 Å². The fourth-order valence-corrected chi connectivity index (χ4v) is 2.29. The van der Waals surface area contributed by atoms with Crippen LogP contribution in [0.15, 0.2) is 54.7 Å². The smallest absolute Gasteiger partial charge is 0.195 e. The van der Waals surface area contributed by atoms with Crippen LogP contribution in [0, 0.1) is 0 Å². The molecule has 3 heteroatoms. The summed E-state index contributed by atoms with van der Waals surface area (Å²) in [6.45, 7) is 2.55. The first-order valence-corrected chi connectivity index (χ1v) is 6.63. The van der Waals surface area contributed by atoms with Gasteiger partial charge in [-0.2, -0.15) is 0 Å². The largest absolute Gasteiger partial charge is 0.494 e. The minimum atomic E-state index is 0.0190. The molecule has 1 aromatic heterocycles. The average molecular weight is 265 g/mol. The molecule has 0 saturated heterocycles. The molecule has 1 heterocycles. The second-order valence-corrected chi connectivity index (χ2v) is 4.54. The number of ketones is 1. The molecule has 3 nitrogen and oxygen atoms in total. The van der Waals surface area contributed by atoms with Crippen LogP contribution in [0.5, 0.6) is 5.75 Å². The lowest BCUT2D eigenvalue weighted by atomic mass is 10.0. The Morgan fingerprint density at radius 3 is 2.70 bits per heavy atom. The average Bonchev–Trinajstić information content (AvgIpc) is 2.91. The third kappa shape index (κ3) is 2.18. The summed E-state index contributed by atoms with van der Waals surface area (Å²) in [6, 6.07) is 15.0. The Kier molecular flexibility index (Phi) is 3.25. The standard InChI is InChI=1S/C17H15NO2/c1-2-20-13-8-9-16-14(10-13)15(11-18-16)17(19)12-6-4-3-5-7-12/h3-11,18H,2H2,1H3. The Hall–Kier alpha value is -2.55. The predicted octanol–water partition coefficient (Wildman–Crippen LogP) is 3.80. The molecule has 0 saturated carbocycles. The van der Waals surface area contributed by atoms with Crippen molar-refractivity contribution in [1.29, 1.82) is 0 Å². The van der Waals surface area contributed by atoms with Crippen molar-refractivity contribution in [2.24, 2.45) is 0 Å². The van der Waals surface area contributed by atoms with Gasteiger partial charge in [-0.1, -0.05) is 30.3 Å². The summed E-state index contributed by atoms with van der Waals surface area (Å²) < 4.78 is 5.50. The van der Waals surface area contributed by atoms with Gasteiger partial charge in [0.25, 0.3) is 0 Å². The van der Waals surface area contributed by atoms with Gasteiger partial charge in [0.2, 0.25) is 0 Å². The van der Waals surface area contributed by atoms with Crippen molar-refractivity contribution in [2.75, 3.05) is 6.61 Å². The van der Waals surface area contributed by atoms with Gasteiger partial charge < -0.3 is 9.72 Å². The number of ether oxygens (including phenoxy) is 1. The Morgan fingerprint density at radius 1 is 1.15 bits per heavy atom. The number of hydrogen-bond acceptors (Lipinski definition) is 2. The topological polar surface area (TPSA) is 42.1 Å². The molecule has 0 aliphatic carbocycles. The van der Waals surface area contributed by atoms with Gasteiger partial charge in [0.1, 0.15) is 5.75 Å². The number of aromatic amines is 1. The Morgan fingerprint density at radius 2 is 1.95 bits per heavy atom. The van der Waals surface area contributed by atoms with E-state index in [1.54, 1.807) is 6.20 Å². The zero-order chi connectivity index (χ0) is 13.9. The van der Waals surface area contributed by atoms with E-state index in [9.17, 15) is 4.79 Å². The van der Waals surface area contributed by atoms with E-state index in [2.05, 4.69) is 4.98 Å². The number of H-pyrrole nitrogens is 1. The van der Waals surface area contributed by atoms with Crippen molar-refractivity contribution in [2.45, 2.75) is 6.92 Å². The van der Waals surface area contributed by atoms with Crippen LogP contribution in [0.4, 0.5) is 0 Å². The first kappa shape index (κ1) is 12.5. The molecule has 20 heavy (non-hydrogen) atoms. The maximum Gasteiger partial charge on any atom is 0.195 e. The number of nitrogens with one attached hydrogen (secondary N) is 1. The number of aromatic nitrogens is 1. The fourth-order valence-electron chi connectivity index (χ4n) is 2.29.